The highest BCUT2D eigenvalue weighted by Crippen LogP contribution is 2.25. The molecule has 23 heavy (non-hydrogen) atoms. The number of rotatable bonds is 2. The van der Waals surface area contributed by atoms with Gasteiger partial charge in [0.1, 0.15) is 11.2 Å². The van der Waals surface area contributed by atoms with Crippen molar-refractivity contribution in [1.82, 2.24) is 10.2 Å². The lowest BCUT2D eigenvalue weighted by molar-refractivity contribution is 0.0175. The number of carbonyl (C=O) groups is 2. The van der Waals surface area contributed by atoms with Crippen LogP contribution in [0.5, 0.6) is 0 Å². The van der Waals surface area contributed by atoms with Gasteiger partial charge in [0.05, 0.1) is 12.1 Å². The quantitative estimate of drug-likeness (QED) is 0.810. The molecule has 7 nitrogen and oxygen atoms in total. The summed E-state index contributed by atoms with van der Waals surface area (Å²) in [6, 6.07) is -0.365. The molecule has 2 N–H and O–H groups in total. The Morgan fingerprint density at radius 3 is 2.13 bits per heavy atom. The van der Waals surface area contributed by atoms with Gasteiger partial charge < -0.3 is 24.8 Å². The first-order valence-corrected chi connectivity index (χ1v) is 7.95. The van der Waals surface area contributed by atoms with Gasteiger partial charge in [0, 0.05) is 19.0 Å². The number of alkyl carbamates (subject to hydrolysis) is 1. The number of ether oxygens (including phenoxy) is 2. The molecule has 1 fully saturated rings. The molecule has 0 bridgehead atoms. The number of hydrogen-bond donors (Lipinski definition) is 2. The van der Waals surface area contributed by atoms with Crippen LogP contribution in [0.15, 0.2) is 0 Å². The Labute approximate surface area is 138 Å². The van der Waals surface area contributed by atoms with Crippen molar-refractivity contribution in [3.8, 4) is 0 Å². The predicted octanol–water partition coefficient (Wildman–Crippen LogP) is 2.13. The minimum atomic E-state index is -0.725. The third-order valence-electron chi connectivity index (χ3n) is 3.44. The van der Waals surface area contributed by atoms with E-state index >= 15 is 0 Å². The van der Waals surface area contributed by atoms with Crippen molar-refractivity contribution in [3.63, 3.8) is 0 Å². The lowest BCUT2D eigenvalue weighted by Crippen LogP contribution is -2.40. The fourth-order valence-electron chi connectivity index (χ4n) is 2.38. The van der Waals surface area contributed by atoms with Crippen molar-refractivity contribution < 1.29 is 24.2 Å². The van der Waals surface area contributed by atoms with Crippen LogP contribution in [0.4, 0.5) is 9.59 Å². The van der Waals surface area contributed by atoms with Gasteiger partial charge in [-0.25, -0.2) is 9.59 Å². The molecule has 1 saturated heterocycles. The molecule has 0 aromatic heterocycles. The molecular weight excluding hydrogens is 300 g/mol. The monoisotopic (exact) mass is 330 g/mol. The van der Waals surface area contributed by atoms with Gasteiger partial charge in [0.2, 0.25) is 0 Å². The summed E-state index contributed by atoms with van der Waals surface area (Å²) in [6.45, 7) is 13.1. The van der Waals surface area contributed by atoms with Gasteiger partial charge in [-0.3, -0.25) is 0 Å². The van der Waals surface area contributed by atoms with Crippen LogP contribution in [0.2, 0.25) is 0 Å². The first kappa shape index (κ1) is 19.5. The van der Waals surface area contributed by atoms with Gasteiger partial charge in [-0.05, 0) is 48.5 Å². The SMILES string of the molecule is C[C@@H]1C(O)C(CNC(=O)OC(C)(C)C)CN1C(=O)OC(C)(C)C. The molecule has 1 heterocycles. The summed E-state index contributed by atoms with van der Waals surface area (Å²) < 4.78 is 10.5. The Morgan fingerprint density at radius 2 is 1.65 bits per heavy atom. The number of amides is 2. The predicted molar refractivity (Wildman–Crippen MR) is 86.1 cm³/mol. The summed E-state index contributed by atoms with van der Waals surface area (Å²) in [6.07, 6.45) is -1.71. The maximum Gasteiger partial charge on any atom is 0.410 e. The fourth-order valence-corrected chi connectivity index (χ4v) is 2.38. The molecule has 1 aliphatic heterocycles. The molecule has 2 amide bonds. The minimum absolute atomic E-state index is 0.236. The molecule has 0 saturated carbocycles. The molecule has 0 aromatic carbocycles. The van der Waals surface area contributed by atoms with Gasteiger partial charge in [0.15, 0.2) is 0 Å². The molecule has 0 spiro atoms. The van der Waals surface area contributed by atoms with E-state index in [4.69, 9.17) is 9.47 Å². The van der Waals surface area contributed by atoms with Crippen molar-refractivity contribution in [3.05, 3.63) is 0 Å². The molecule has 7 heteroatoms. The molecule has 0 aliphatic carbocycles. The largest absolute Gasteiger partial charge is 0.444 e. The summed E-state index contributed by atoms with van der Waals surface area (Å²) in [5, 5.41) is 12.9. The number of likely N-dealkylation sites (tertiary alicyclic amines) is 1. The van der Waals surface area contributed by atoms with Crippen molar-refractivity contribution in [2.75, 3.05) is 13.1 Å². The third-order valence-corrected chi connectivity index (χ3v) is 3.44. The van der Waals surface area contributed by atoms with Gasteiger partial charge in [-0.1, -0.05) is 0 Å². The average Bonchev–Trinajstić information content (AvgIpc) is 2.60. The number of aliphatic hydroxyl groups excluding tert-OH is 1. The van der Waals surface area contributed by atoms with Crippen molar-refractivity contribution in [1.29, 1.82) is 0 Å². The van der Waals surface area contributed by atoms with Crippen LogP contribution in [-0.2, 0) is 9.47 Å². The first-order chi connectivity index (χ1) is 10.3. The van der Waals surface area contributed by atoms with Gasteiger partial charge in [-0.2, -0.15) is 0 Å². The summed E-state index contributed by atoms with van der Waals surface area (Å²) in [5.74, 6) is -0.259. The van der Waals surface area contributed by atoms with E-state index in [1.807, 2.05) is 0 Å². The zero-order valence-electron chi connectivity index (χ0n) is 15.2. The van der Waals surface area contributed by atoms with Crippen LogP contribution in [0, 0.1) is 5.92 Å². The van der Waals surface area contributed by atoms with Crippen molar-refractivity contribution in [2.45, 2.75) is 71.8 Å². The average molecular weight is 330 g/mol. The number of aliphatic hydroxyl groups is 1. The Morgan fingerprint density at radius 1 is 1.13 bits per heavy atom. The molecule has 1 rings (SSSR count). The zero-order chi connectivity index (χ0) is 18.0. The van der Waals surface area contributed by atoms with Crippen molar-refractivity contribution >= 4 is 12.2 Å². The smallest absolute Gasteiger partial charge is 0.410 e. The first-order valence-electron chi connectivity index (χ1n) is 7.95. The maximum atomic E-state index is 12.2. The highest BCUT2D eigenvalue weighted by atomic mass is 16.6. The summed E-state index contributed by atoms with van der Waals surface area (Å²) in [4.78, 5) is 25.4. The number of nitrogens with one attached hydrogen (secondary N) is 1. The Bertz CT molecular complexity index is 439. The number of carbonyl (C=O) groups excluding carboxylic acids is 2. The Kier molecular flexibility index (Phi) is 5.90. The molecule has 1 aliphatic rings. The second kappa shape index (κ2) is 6.95. The highest BCUT2D eigenvalue weighted by Gasteiger charge is 2.42. The van der Waals surface area contributed by atoms with E-state index in [9.17, 15) is 14.7 Å². The zero-order valence-corrected chi connectivity index (χ0v) is 15.2. The van der Waals surface area contributed by atoms with Crippen LogP contribution in [0.3, 0.4) is 0 Å². The van der Waals surface area contributed by atoms with Crippen LogP contribution in [0.1, 0.15) is 48.5 Å². The van der Waals surface area contributed by atoms with Crippen LogP contribution >= 0.6 is 0 Å². The lowest BCUT2D eigenvalue weighted by atomic mass is 10.0. The Hall–Kier alpha value is -1.50. The van der Waals surface area contributed by atoms with E-state index in [-0.39, 0.29) is 18.5 Å². The maximum absolute atomic E-state index is 12.2. The molecule has 3 atom stereocenters. The van der Waals surface area contributed by atoms with E-state index in [0.29, 0.717) is 6.54 Å². The minimum Gasteiger partial charge on any atom is -0.444 e. The number of hydrogen-bond acceptors (Lipinski definition) is 5. The van der Waals surface area contributed by atoms with Crippen LogP contribution < -0.4 is 5.32 Å². The molecule has 0 radical (unpaired) electrons. The molecule has 134 valence electrons. The second-order valence-electron chi connectivity index (χ2n) is 8.01. The lowest BCUT2D eigenvalue weighted by Gasteiger charge is -2.27. The Balaban J connectivity index is 2.56. The molecule has 2 unspecified atom stereocenters. The van der Waals surface area contributed by atoms with E-state index in [1.165, 1.54) is 4.90 Å². The van der Waals surface area contributed by atoms with E-state index in [0.717, 1.165) is 0 Å². The third kappa shape index (κ3) is 6.25. The number of nitrogens with zero attached hydrogens (tertiary/aromatic N) is 1. The van der Waals surface area contributed by atoms with Crippen LogP contribution in [0.25, 0.3) is 0 Å². The summed E-state index contributed by atoms with van der Waals surface area (Å²) in [5.41, 5.74) is -1.16. The molecular formula is C16H30N2O5. The fraction of sp³-hybridized carbons (Fsp3) is 0.875. The van der Waals surface area contributed by atoms with Crippen molar-refractivity contribution in [2.24, 2.45) is 5.92 Å². The molecule has 0 aromatic rings. The van der Waals surface area contributed by atoms with Gasteiger partial charge >= 0.3 is 12.2 Å². The van der Waals surface area contributed by atoms with Gasteiger partial charge in [-0.15, -0.1) is 0 Å². The van der Waals surface area contributed by atoms with Crippen LogP contribution in [-0.4, -0.2) is 58.6 Å². The van der Waals surface area contributed by atoms with E-state index in [2.05, 4.69) is 5.32 Å². The normalized spacial score (nSPS) is 25.2. The topological polar surface area (TPSA) is 88.1 Å². The standard InChI is InChI=1S/C16H30N2O5/c1-10-12(19)11(8-17-13(20)22-15(2,3)4)9-18(10)14(21)23-16(5,6)7/h10-12,19H,8-9H2,1-7H3,(H,17,20)/t10-,11?,12?/m1/s1. The second-order valence-corrected chi connectivity index (χ2v) is 8.01. The summed E-state index contributed by atoms with van der Waals surface area (Å²) >= 11 is 0. The van der Waals surface area contributed by atoms with E-state index < -0.39 is 29.5 Å². The van der Waals surface area contributed by atoms with Gasteiger partial charge in [0.25, 0.3) is 0 Å². The summed E-state index contributed by atoms with van der Waals surface area (Å²) in [7, 11) is 0. The van der Waals surface area contributed by atoms with E-state index in [1.54, 1.807) is 48.5 Å². The highest BCUT2D eigenvalue weighted by molar-refractivity contribution is 5.69.